The molecular weight excluding hydrogens is 365 g/mol. The number of nitrogen functional groups attached to an aromatic ring is 1. The highest BCUT2D eigenvalue weighted by Crippen LogP contribution is 2.27. The maximum atomic E-state index is 13.0. The number of hydrogen-bond acceptors (Lipinski definition) is 5. The molecule has 4 aromatic rings. The molecular formula is C19H16FN5OS. The fraction of sp³-hybridized carbons (Fsp3) is 0.105. The third kappa shape index (κ3) is 3.52. The SMILES string of the molecule is C[C@H](NC(=O)c1cc(-c2ccn3nc(N)nc3c2)cs1)c1ccc(F)cc1. The number of halogens is 1. The first-order valence-electron chi connectivity index (χ1n) is 8.27. The highest BCUT2D eigenvalue weighted by Gasteiger charge is 2.14. The second-order valence-electron chi connectivity index (χ2n) is 6.13. The molecule has 27 heavy (non-hydrogen) atoms. The van der Waals surface area contributed by atoms with Crippen molar-refractivity contribution < 1.29 is 9.18 Å². The summed E-state index contributed by atoms with van der Waals surface area (Å²) >= 11 is 1.36. The van der Waals surface area contributed by atoms with Crippen LogP contribution in [0.4, 0.5) is 10.3 Å². The predicted octanol–water partition coefficient (Wildman–Crippen LogP) is 3.67. The molecule has 0 bridgehead atoms. The van der Waals surface area contributed by atoms with E-state index in [-0.39, 0.29) is 23.7 Å². The molecule has 0 aliphatic rings. The molecule has 3 aromatic heterocycles. The number of rotatable bonds is 4. The van der Waals surface area contributed by atoms with Crippen LogP contribution in [0.25, 0.3) is 16.8 Å². The van der Waals surface area contributed by atoms with Gasteiger partial charge in [0.05, 0.1) is 10.9 Å². The lowest BCUT2D eigenvalue weighted by Gasteiger charge is -2.13. The number of pyridine rings is 1. The summed E-state index contributed by atoms with van der Waals surface area (Å²) in [5, 5.41) is 8.90. The van der Waals surface area contributed by atoms with Gasteiger partial charge in [0.2, 0.25) is 5.95 Å². The quantitative estimate of drug-likeness (QED) is 0.565. The van der Waals surface area contributed by atoms with E-state index in [1.165, 1.54) is 23.5 Å². The summed E-state index contributed by atoms with van der Waals surface area (Å²) in [7, 11) is 0. The third-order valence-corrected chi connectivity index (χ3v) is 5.16. The van der Waals surface area contributed by atoms with Crippen molar-refractivity contribution in [3.63, 3.8) is 0 Å². The van der Waals surface area contributed by atoms with Crippen LogP contribution in [0.1, 0.15) is 28.2 Å². The summed E-state index contributed by atoms with van der Waals surface area (Å²) in [5.41, 5.74) is 8.95. The van der Waals surface area contributed by atoms with Gasteiger partial charge in [-0.05, 0) is 59.3 Å². The Hall–Kier alpha value is -3.26. The first kappa shape index (κ1) is 17.2. The number of amides is 1. The molecule has 8 heteroatoms. The Bertz CT molecular complexity index is 1120. The standard InChI is InChI=1S/C19H16FN5OS/c1-11(12-2-4-15(20)5-3-12)22-18(26)16-8-14(10-27-16)13-6-7-25-17(9-13)23-19(21)24-25/h2-11H,1H3,(H2,21,24)(H,22,26)/t11-/m0/s1. The van der Waals surface area contributed by atoms with Gasteiger partial charge in [-0.15, -0.1) is 16.4 Å². The summed E-state index contributed by atoms with van der Waals surface area (Å²) in [6.07, 6.45) is 1.78. The molecule has 1 aromatic carbocycles. The number of nitrogens with one attached hydrogen (secondary N) is 1. The Kier molecular flexibility index (Phi) is 4.33. The molecule has 136 valence electrons. The van der Waals surface area contributed by atoms with E-state index in [0.29, 0.717) is 10.5 Å². The number of hydrogen-bond donors (Lipinski definition) is 2. The van der Waals surface area contributed by atoms with Crippen molar-refractivity contribution in [1.29, 1.82) is 0 Å². The van der Waals surface area contributed by atoms with E-state index in [2.05, 4.69) is 15.4 Å². The second-order valence-corrected chi connectivity index (χ2v) is 7.05. The van der Waals surface area contributed by atoms with Crippen molar-refractivity contribution in [2.75, 3.05) is 5.73 Å². The van der Waals surface area contributed by atoms with E-state index < -0.39 is 0 Å². The van der Waals surface area contributed by atoms with Crippen LogP contribution < -0.4 is 11.1 Å². The third-order valence-electron chi connectivity index (χ3n) is 4.23. The summed E-state index contributed by atoms with van der Waals surface area (Å²) in [6, 6.07) is 11.5. The molecule has 3 N–H and O–H groups in total. The van der Waals surface area contributed by atoms with Crippen LogP contribution in [0.2, 0.25) is 0 Å². The van der Waals surface area contributed by atoms with Crippen molar-refractivity contribution in [3.8, 4) is 11.1 Å². The number of carbonyl (C=O) groups is 1. The van der Waals surface area contributed by atoms with Gasteiger partial charge in [-0.1, -0.05) is 12.1 Å². The summed E-state index contributed by atoms with van der Waals surface area (Å²) < 4.78 is 14.6. The minimum atomic E-state index is -0.299. The van der Waals surface area contributed by atoms with Gasteiger partial charge in [-0.25, -0.2) is 8.91 Å². The summed E-state index contributed by atoms with van der Waals surface area (Å²) in [4.78, 5) is 17.3. The lowest BCUT2D eigenvalue weighted by Crippen LogP contribution is -2.25. The molecule has 0 spiro atoms. The molecule has 0 aliphatic heterocycles. The van der Waals surface area contributed by atoms with Gasteiger partial charge in [-0.2, -0.15) is 4.98 Å². The molecule has 1 atom stereocenters. The Labute approximate surface area is 158 Å². The Morgan fingerprint density at radius 1 is 1.22 bits per heavy atom. The van der Waals surface area contributed by atoms with Gasteiger partial charge >= 0.3 is 0 Å². The zero-order chi connectivity index (χ0) is 19.0. The molecule has 1 amide bonds. The van der Waals surface area contributed by atoms with Crippen LogP contribution in [0.15, 0.2) is 54.0 Å². The summed E-state index contributed by atoms with van der Waals surface area (Å²) in [5.74, 6) is -0.255. The highest BCUT2D eigenvalue weighted by atomic mass is 32.1. The van der Waals surface area contributed by atoms with Crippen LogP contribution >= 0.6 is 11.3 Å². The van der Waals surface area contributed by atoms with Gasteiger partial charge in [0, 0.05) is 6.20 Å². The first-order valence-corrected chi connectivity index (χ1v) is 9.15. The fourth-order valence-electron chi connectivity index (χ4n) is 2.79. The van der Waals surface area contributed by atoms with E-state index >= 15 is 0 Å². The van der Waals surface area contributed by atoms with Crippen LogP contribution in [0.3, 0.4) is 0 Å². The molecule has 0 fully saturated rings. The first-order chi connectivity index (χ1) is 13.0. The van der Waals surface area contributed by atoms with E-state index in [9.17, 15) is 9.18 Å². The van der Waals surface area contributed by atoms with Gasteiger partial charge in [0.1, 0.15) is 5.82 Å². The Morgan fingerprint density at radius 3 is 2.78 bits per heavy atom. The van der Waals surface area contributed by atoms with E-state index in [0.717, 1.165) is 16.7 Å². The van der Waals surface area contributed by atoms with Crippen molar-refractivity contribution in [2.24, 2.45) is 0 Å². The number of benzene rings is 1. The average molecular weight is 381 g/mol. The van der Waals surface area contributed by atoms with Crippen LogP contribution in [-0.2, 0) is 0 Å². The van der Waals surface area contributed by atoms with Gasteiger partial charge < -0.3 is 11.1 Å². The number of carbonyl (C=O) groups excluding carboxylic acids is 1. The van der Waals surface area contributed by atoms with Gasteiger partial charge in [-0.3, -0.25) is 4.79 Å². The van der Waals surface area contributed by atoms with Crippen molar-refractivity contribution in [3.05, 3.63) is 70.3 Å². The van der Waals surface area contributed by atoms with Crippen molar-refractivity contribution in [2.45, 2.75) is 13.0 Å². The van der Waals surface area contributed by atoms with E-state index in [4.69, 9.17) is 5.73 Å². The number of aromatic nitrogens is 3. The molecule has 0 saturated carbocycles. The predicted molar refractivity (Wildman–Crippen MR) is 103 cm³/mol. The minimum absolute atomic E-state index is 0.170. The number of fused-ring (bicyclic) bond motifs is 1. The average Bonchev–Trinajstić information content (AvgIpc) is 3.27. The van der Waals surface area contributed by atoms with Crippen LogP contribution in [-0.4, -0.2) is 20.5 Å². The molecule has 0 unspecified atom stereocenters. The number of nitrogens with zero attached hydrogens (tertiary/aromatic N) is 3. The maximum Gasteiger partial charge on any atom is 0.261 e. The molecule has 0 aliphatic carbocycles. The summed E-state index contributed by atoms with van der Waals surface area (Å²) in [6.45, 7) is 1.86. The Morgan fingerprint density at radius 2 is 2.00 bits per heavy atom. The number of thiophene rings is 1. The van der Waals surface area contributed by atoms with Gasteiger partial charge in [0.25, 0.3) is 5.91 Å². The lowest BCUT2D eigenvalue weighted by atomic mass is 10.1. The van der Waals surface area contributed by atoms with Crippen molar-refractivity contribution >= 4 is 28.8 Å². The molecule has 6 nitrogen and oxygen atoms in total. The molecule has 3 heterocycles. The zero-order valence-electron chi connectivity index (χ0n) is 14.4. The minimum Gasteiger partial charge on any atom is -0.366 e. The fourth-order valence-corrected chi connectivity index (χ4v) is 3.61. The second kappa shape index (κ2) is 6.81. The van der Waals surface area contributed by atoms with Crippen LogP contribution in [0.5, 0.6) is 0 Å². The smallest absolute Gasteiger partial charge is 0.261 e. The van der Waals surface area contributed by atoms with Gasteiger partial charge in [0.15, 0.2) is 5.65 Å². The molecule has 4 rings (SSSR count). The number of nitrogens with two attached hydrogens (primary N) is 1. The zero-order valence-corrected chi connectivity index (χ0v) is 15.2. The lowest BCUT2D eigenvalue weighted by molar-refractivity contribution is 0.0944. The number of anilines is 1. The van der Waals surface area contributed by atoms with E-state index in [1.807, 2.05) is 30.5 Å². The monoisotopic (exact) mass is 381 g/mol. The molecule has 0 radical (unpaired) electrons. The van der Waals surface area contributed by atoms with E-state index in [1.54, 1.807) is 22.8 Å². The molecule has 0 saturated heterocycles. The topological polar surface area (TPSA) is 85.3 Å². The highest BCUT2D eigenvalue weighted by molar-refractivity contribution is 7.12. The van der Waals surface area contributed by atoms with Crippen molar-refractivity contribution in [1.82, 2.24) is 19.9 Å². The maximum absolute atomic E-state index is 13.0. The largest absolute Gasteiger partial charge is 0.366 e. The Balaban J connectivity index is 1.52. The normalized spacial score (nSPS) is 12.2. The van der Waals surface area contributed by atoms with Crippen LogP contribution in [0, 0.1) is 5.82 Å².